The Morgan fingerprint density at radius 2 is 1.96 bits per heavy atom. The van der Waals surface area contributed by atoms with E-state index >= 15 is 0 Å². The second-order valence-electron chi connectivity index (χ2n) is 7.29. The Bertz CT molecular complexity index is 761. The van der Waals surface area contributed by atoms with Gasteiger partial charge in [-0.25, -0.2) is 4.68 Å². The third-order valence-corrected chi connectivity index (χ3v) is 5.38. The molecule has 2 heterocycles. The summed E-state index contributed by atoms with van der Waals surface area (Å²) in [5, 5.41) is 7.48. The van der Waals surface area contributed by atoms with Crippen LogP contribution in [-0.2, 0) is 0 Å². The molecule has 6 heteroatoms. The van der Waals surface area contributed by atoms with Crippen molar-refractivity contribution in [1.29, 1.82) is 0 Å². The van der Waals surface area contributed by atoms with E-state index in [-0.39, 0.29) is 5.91 Å². The highest BCUT2D eigenvalue weighted by molar-refractivity contribution is 6.05. The predicted octanol–water partition coefficient (Wildman–Crippen LogP) is 3.19. The molecule has 26 heavy (non-hydrogen) atoms. The number of anilines is 1. The zero-order valence-electron chi connectivity index (χ0n) is 15.2. The molecule has 2 aromatic rings. The molecule has 1 aliphatic carbocycles. The van der Waals surface area contributed by atoms with Crippen LogP contribution in [0.1, 0.15) is 42.1 Å². The van der Waals surface area contributed by atoms with E-state index < -0.39 is 0 Å². The Morgan fingerprint density at radius 1 is 1.19 bits per heavy atom. The van der Waals surface area contributed by atoms with Crippen molar-refractivity contribution in [3.8, 4) is 5.75 Å². The van der Waals surface area contributed by atoms with E-state index in [0.717, 1.165) is 37.7 Å². The summed E-state index contributed by atoms with van der Waals surface area (Å²) in [6, 6.07) is 9.46. The molecule has 0 spiro atoms. The van der Waals surface area contributed by atoms with E-state index in [4.69, 9.17) is 4.74 Å². The second kappa shape index (κ2) is 7.50. The summed E-state index contributed by atoms with van der Waals surface area (Å²) in [6.45, 7) is 3.48. The molecule has 2 fully saturated rings. The lowest BCUT2D eigenvalue weighted by atomic mass is 10.0. The average Bonchev–Trinajstić information content (AvgIpc) is 3.38. The number of piperidine rings is 1. The summed E-state index contributed by atoms with van der Waals surface area (Å²) >= 11 is 0. The molecular formula is C20H26N4O2. The third-order valence-electron chi connectivity index (χ3n) is 5.38. The maximum atomic E-state index is 12.7. The van der Waals surface area contributed by atoms with E-state index in [1.54, 1.807) is 25.4 Å². The van der Waals surface area contributed by atoms with Crippen LogP contribution in [0.5, 0.6) is 5.75 Å². The lowest BCUT2D eigenvalue weighted by Crippen LogP contribution is -2.36. The average molecular weight is 354 g/mol. The zero-order valence-corrected chi connectivity index (χ0v) is 15.2. The molecule has 1 aliphatic heterocycles. The molecule has 0 radical (unpaired) electrons. The Balaban J connectivity index is 1.41. The van der Waals surface area contributed by atoms with Gasteiger partial charge in [0.2, 0.25) is 0 Å². The van der Waals surface area contributed by atoms with Crippen molar-refractivity contribution in [3.63, 3.8) is 0 Å². The van der Waals surface area contributed by atoms with E-state index in [1.165, 1.54) is 19.4 Å². The number of hydrogen-bond acceptors (Lipinski definition) is 4. The zero-order chi connectivity index (χ0) is 17.9. The van der Waals surface area contributed by atoms with Gasteiger partial charge in [0.25, 0.3) is 5.91 Å². The second-order valence-corrected chi connectivity index (χ2v) is 7.29. The molecule has 1 amide bonds. The van der Waals surface area contributed by atoms with Crippen LogP contribution < -0.4 is 10.1 Å². The summed E-state index contributed by atoms with van der Waals surface area (Å²) in [6.07, 6.45) is 6.71. The molecule has 1 aromatic heterocycles. The van der Waals surface area contributed by atoms with Gasteiger partial charge in [-0.05, 0) is 43.7 Å². The number of carbonyl (C=O) groups excluding carboxylic acids is 1. The number of carbonyl (C=O) groups is 1. The maximum absolute atomic E-state index is 12.7. The quantitative estimate of drug-likeness (QED) is 0.865. The summed E-state index contributed by atoms with van der Waals surface area (Å²) in [4.78, 5) is 15.2. The summed E-state index contributed by atoms with van der Waals surface area (Å²) in [7, 11) is 1.58. The van der Waals surface area contributed by atoms with Crippen LogP contribution in [0, 0.1) is 5.92 Å². The van der Waals surface area contributed by atoms with Crippen LogP contribution in [0.4, 0.5) is 5.82 Å². The molecule has 1 aromatic carbocycles. The summed E-state index contributed by atoms with van der Waals surface area (Å²) in [5.41, 5.74) is 0.530. The smallest absolute Gasteiger partial charge is 0.260 e. The monoisotopic (exact) mass is 354 g/mol. The van der Waals surface area contributed by atoms with E-state index in [0.29, 0.717) is 17.4 Å². The first-order valence-electron chi connectivity index (χ1n) is 9.45. The first-order chi connectivity index (χ1) is 12.7. The molecule has 2 aliphatic rings. The maximum Gasteiger partial charge on any atom is 0.260 e. The van der Waals surface area contributed by atoms with Gasteiger partial charge in [0.05, 0.1) is 24.9 Å². The van der Waals surface area contributed by atoms with Crippen molar-refractivity contribution in [2.45, 2.75) is 31.7 Å². The number of aromatic nitrogens is 2. The number of benzene rings is 1. The lowest BCUT2D eigenvalue weighted by Gasteiger charge is -2.32. The van der Waals surface area contributed by atoms with E-state index in [9.17, 15) is 4.79 Å². The van der Waals surface area contributed by atoms with Crippen molar-refractivity contribution in [2.24, 2.45) is 5.92 Å². The Labute approximate surface area is 154 Å². The Kier molecular flexibility index (Phi) is 4.93. The fraction of sp³-hybridized carbons (Fsp3) is 0.500. The predicted molar refractivity (Wildman–Crippen MR) is 101 cm³/mol. The highest BCUT2D eigenvalue weighted by Gasteiger charge is 2.28. The third kappa shape index (κ3) is 3.75. The van der Waals surface area contributed by atoms with Crippen LogP contribution in [0.3, 0.4) is 0 Å². The molecule has 138 valence electrons. The molecule has 1 saturated carbocycles. The topological polar surface area (TPSA) is 59.4 Å². The molecule has 0 atom stereocenters. The minimum Gasteiger partial charge on any atom is -0.496 e. The number of rotatable bonds is 6. The number of para-hydroxylation sites is 1. The largest absolute Gasteiger partial charge is 0.496 e. The normalized spacial score (nSPS) is 18.7. The van der Waals surface area contributed by atoms with Gasteiger partial charge < -0.3 is 15.0 Å². The number of nitrogens with one attached hydrogen (secondary N) is 1. The highest BCUT2D eigenvalue weighted by atomic mass is 16.5. The fourth-order valence-corrected chi connectivity index (χ4v) is 3.73. The van der Waals surface area contributed by atoms with Crippen LogP contribution in [0.25, 0.3) is 0 Å². The minimum atomic E-state index is -0.171. The molecule has 1 N–H and O–H groups in total. The van der Waals surface area contributed by atoms with Gasteiger partial charge in [0.1, 0.15) is 11.6 Å². The molecule has 6 nitrogen and oxygen atoms in total. The van der Waals surface area contributed by atoms with Gasteiger partial charge in [0, 0.05) is 25.7 Å². The van der Waals surface area contributed by atoms with Crippen molar-refractivity contribution >= 4 is 11.7 Å². The SMILES string of the molecule is COc1ccccc1C(=O)Nc1ccnn1C1CCN(CC2CC2)CC1. The minimum absolute atomic E-state index is 0.171. The molecular weight excluding hydrogens is 328 g/mol. The number of likely N-dealkylation sites (tertiary alicyclic amines) is 1. The van der Waals surface area contributed by atoms with Gasteiger partial charge in [-0.3, -0.25) is 4.79 Å². The van der Waals surface area contributed by atoms with Gasteiger partial charge >= 0.3 is 0 Å². The highest BCUT2D eigenvalue weighted by Crippen LogP contribution is 2.32. The summed E-state index contributed by atoms with van der Waals surface area (Å²) < 4.78 is 7.27. The number of nitrogens with zero attached hydrogens (tertiary/aromatic N) is 3. The number of ether oxygens (including phenoxy) is 1. The molecule has 4 rings (SSSR count). The van der Waals surface area contributed by atoms with Crippen molar-refractivity contribution in [2.75, 3.05) is 32.1 Å². The van der Waals surface area contributed by atoms with Gasteiger partial charge in [-0.15, -0.1) is 0 Å². The molecule has 0 unspecified atom stereocenters. The van der Waals surface area contributed by atoms with Crippen LogP contribution in [0.15, 0.2) is 36.5 Å². The van der Waals surface area contributed by atoms with Gasteiger partial charge in [0.15, 0.2) is 0 Å². The fourth-order valence-electron chi connectivity index (χ4n) is 3.73. The summed E-state index contributed by atoms with van der Waals surface area (Å²) in [5.74, 6) is 2.09. The van der Waals surface area contributed by atoms with Crippen molar-refractivity contribution < 1.29 is 9.53 Å². The number of methoxy groups -OCH3 is 1. The van der Waals surface area contributed by atoms with Crippen molar-refractivity contribution in [1.82, 2.24) is 14.7 Å². The Hall–Kier alpha value is -2.34. The van der Waals surface area contributed by atoms with Gasteiger partial charge in [-0.2, -0.15) is 5.10 Å². The van der Waals surface area contributed by atoms with Crippen molar-refractivity contribution in [3.05, 3.63) is 42.1 Å². The van der Waals surface area contributed by atoms with Crippen LogP contribution in [0.2, 0.25) is 0 Å². The van der Waals surface area contributed by atoms with Crippen LogP contribution in [-0.4, -0.2) is 47.3 Å². The standard InChI is InChI=1S/C20H26N4O2/c1-26-18-5-3-2-4-17(18)20(25)22-19-8-11-21-24(19)16-9-12-23(13-10-16)14-15-6-7-15/h2-5,8,11,15-16H,6-7,9-10,12-14H2,1H3,(H,22,25). The van der Waals surface area contributed by atoms with E-state index in [1.807, 2.05) is 22.9 Å². The molecule has 0 bridgehead atoms. The molecule has 1 saturated heterocycles. The first kappa shape index (κ1) is 17.1. The Morgan fingerprint density at radius 3 is 2.69 bits per heavy atom. The number of amides is 1. The number of hydrogen-bond donors (Lipinski definition) is 1. The lowest BCUT2D eigenvalue weighted by molar-refractivity contribution is 0.102. The van der Waals surface area contributed by atoms with Gasteiger partial charge in [-0.1, -0.05) is 12.1 Å². The van der Waals surface area contributed by atoms with Crippen LogP contribution >= 0.6 is 0 Å². The van der Waals surface area contributed by atoms with E-state index in [2.05, 4.69) is 15.3 Å². The first-order valence-corrected chi connectivity index (χ1v) is 9.45.